The van der Waals surface area contributed by atoms with Crippen LogP contribution in [0.25, 0.3) is 0 Å². The number of carbonyl (C=O) groups excluding carboxylic acids is 1. The van der Waals surface area contributed by atoms with Gasteiger partial charge in [0, 0.05) is 6.20 Å². The third-order valence-corrected chi connectivity index (χ3v) is 1.38. The maximum Gasteiger partial charge on any atom is 0.197 e. The molecule has 1 unspecified atom stereocenters. The van der Waals surface area contributed by atoms with Crippen molar-refractivity contribution in [2.75, 3.05) is 0 Å². The minimum Gasteiger partial charge on any atom is -0.380 e. The fourth-order valence-electron chi connectivity index (χ4n) is 0.552. The summed E-state index contributed by atoms with van der Waals surface area (Å²) < 4.78 is 0. The van der Waals surface area contributed by atoms with Gasteiger partial charge in [0.25, 0.3) is 0 Å². The van der Waals surface area contributed by atoms with Gasteiger partial charge in [0.1, 0.15) is 5.03 Å². The van der Waals surface area contributed by atoms with Crippen molar-refractivity contribution in [2.24, 2.45) is 0 Å². The van der Waals surface area contributed by atoms with Crippen LogP contribution in [0.4, 0.5) is 0 Å². The second-order valence-electron chi connectivity index (χ2n) is 1.74. The summed E-state index contributed by atoms with van der Waals surface area (Å²) in [5.41, 5.74) is 0. The fraction of sp³-hybridized carbons (Fsp3) is 0.400. The van der Waals surface area contributed by atoms with Crippen LogP contribution in [0.5, 0.6) is 0 Å². The SMILES string of the molecule is CC1NC=C(Cl)C1=O. The molecule has 1 aliphatic heterocycles. The number of Topliss-reactive ketones (excluding diaryl/α,β-unsaturated/α-hetero) is 1. The largest absolute Gasteiger partial charge is 0.380 e. The van der Waals surface area contributed by atoms with E-state index in [9.17, 15) is 4.79 Å². The van der Waals surface area contributed by atoms with Gasteiger partial charge in [0.2, 0.25) is 0 Å². The summed E-state index contributed by atoms with van der Waals surface area (Å²) in [6, 6.07) is -0.123. The van der Waals surface area contributed by atoms with Gasteiger partial charge in [0.15, 0.2) is 5.78 Å². The van der Waals surface area contributed by atoms with Gasteiger partial charge < -0.3 is 5.32 Å². The Balaban J connectivity index is 2.73. The van der Waals surface area contributed by atoms with Gasteiger partial charge in [-0.15, -0.1) is 0 Å². The maximum atomic E-state index is 10.6. The number of halogens is 1. The van der Waals surface area contributed by atoms with Crippen LogP contribution in [-0.4, -0.2) is 11.8 Å². The highest BCUT2D eigenvalue weighted by molar-refractivity contribution is 6.43. The van der Waals surface area contributed by atoms with Crippen molar-refractivity contribution in [1.82, 2.24) is 5.32 Å². The van der Waals surface area contributed by atoms with Crippen molar-refractivity contribution in [3.8, 4) is 0 Å². The predicted octanol–water partition coefficient (Wildman–Crippen LogP) is 0.627. The van der Waals surface area contributed by atoms with E-state index in [0.29, 0.717) is 5.03 Å². The molecule has 8 heavy (non-hydrogen) atoms. The zero-order valence-corrected chi connectivity index (χ0v) is 5.20. The van der Waals surface area contributed by atoms with Gasteiger partial charge in [0.05, 0.1) is 6.04 Å². The maximum absolute atomic E-state index is 10.6. The molecule has 0 radical (unpaired) electrons. The molecule has 2 nitrogen and oxygen atoms in total. The monoisotopic (exact) mass is 131 g/mol. The van der Waals surface area contributed by atoms with E-state index in [1.54, 1.807) is 6.92 Å². The Bertz CT molecular complexity index is 153. The fourth-order valence-corrected chi connectivity index (χ4v) is 0.778. The van der Waals surface area contributed by atoms with Gasteiger partial charge in [-0.2, -0.15) is 0 Å². The predicted molar refractivity (Wildman–Crippen MR) is 31.5 cm³/mol. The quantitative estimate of drug-likeness (QED) is 0.523. The summed E-state index contributed by atoms with van der Waals surface area (Å²) in [5.74, 6) is -0.0216. The highest BCUT2D eigenvalue weighted by Gasteiger charge is 2.20. The first-order valence-corrected chi connectivity index (χ1v) is 2.75. The summed E-state index contributed by atoms with van der Waals surface area (Å²) in [6.45, 7) is 1.77. The first kappa shape index (κ1) is 5.63. The first-order chi connectivity index (χ1) is 3.72. The van der Waals surface area contributed by atoms with E-state index in [2.05, 4.69) is 5.32 Å². The summed E-state index contributed by atoms with van der Waals surface area (Å²) in [4.78, 5) is 10.6. The van der Waals surface area contributed by atoms with Crippen LogP contribution in [-0.2, 0) is 4.79 Å². The molecule has 0 saturated heterocycles. The van der Waals surface area contributed by atoms with Crippen LogP contribution in [0.1, 0.15) is 6.92 Å². The van der Waals surface area contributed by atoms with Gasteiger partial charge in [-0.25, -0.2) is 0 Å². The minimum absolute atomic E-state index is 0.0216. The van der Waals surface area contributed by atoms with Crippen molar-refractivity contribution in [2.45, 2.75) is 13.0 Å². The van der Waals surface area contributed by atoms with E-state index in [-0.39, 0.29) is 11.8 Å². The molecular formula is C5H6ClNO. The standard InChI is InChI=1S/C5H6ClNO/c1-3-5(8)4(6)2-7-3/h2-3,7H,1H3. The lowest BCUT2D eigenvalue weighted by molar-refractivity contribution is -0.115. The molecule has 0 aromatic carbocycles. The molecule has 3 heteroatoms. The third-order valence-electron chi connectivity index (χ3n) is 1.09. The number of hydrogen-bond donors (Lipinski definition) is 1. The van der Waals surface area contributed by atoms with E-state index >= 15 is 0 Å². The van der Waals surface area contributed by atoms with Crippen LogP contribution in [0, 0.1) is 0 Å². The summed E-state index contributed by atoms with van der Waals surface area (Å²) in [6.07, 6.45) is 1.52. The first-order valence-electron chi connectivity index (χ1n) is 2.38. The number of rotatable bonds is 0. The Morgan fingerprint density at radius 1 is 1.88 bits per heavy atom. The van der Waals surface area contributed by atoms with Crippen molar-refractivity contribution in [3.05, 3.63) is 11.2 Å². The van der Waals surface area contributed by atoms with Crippen LogP contribution < -0.4 is 5.32 Å². The highest BCUT2D eigenvalue weighted by atomic mass is 35.5. The zero-order chi connectivity index (χ0) is 6.15. The number of hydrogen-bond acceptors (Lipinski definition) is 2. The summed E-state index contributed by atoms with van der Waals surface area (Å²) in [5, 5.41) is 3.08. The van der Waals surface area contributed by atoms with Crippen molar-refractivity contribution >= 4 is 17.4 Å². The average Bonchev–Trinajstić information content (AvgIpc) is 1.98. The smallest absolute Gasteiger partial charge is 0.197 e. The summed E-state index contributed by atoms with van der Waals surface area (Å²) in [7, 11) is 0. The molecule has 0 fully saturated rings. The Morgan fingerprint density at radius 2 is 2.50 bits per heavy atom. The molecule has 1 N–H and O–H groups in total. The Labute approximate surface area is 52.5 Å². The zero-order valence-electron chi connectivity index (χ0n) is 4.44. The molecule has 1 heterocycles. The lowest BCUT2D eigenvalue weighted by Crippen LogP contribution is -2.22. The molecule has 1 rings (SSSR count). The van der Waals surface area contributed by atoms with Crippen LogP contribution in [0.3, 0.4) is 0 Å². The second kappa shape index (κ2) is 1.78. The lowest BCUT2D eigenvalue weighted by atomic mass is 10.3. The van der Waals surface area contributed by atoms with E-state index < -0.39 is 0 Å². The van der Waals surface area contributed by atoms with Gasteiger partial charge in [-0.05, 0) is 6.92 Å². The molecule has 0 aromatic heterocycles. The molecule has 0 bridgehead atoms. The van der Waals surface area contributed by atoms with Gasteiger partial charge in [-0.3, -0.25) is 4.79 Å². The average molecular weight is 132 g/mol. The highest BCUT2D eigenvalue weighted by Crippen LogP contribution is 2.10. The molecule has 0 aliphatic carbocycles. The number of carbonyl (C=O) groups is 1. The van der Waals surface area contributed by atoms with Crippen molar-refractivity contribution in [3.63, 3.8) is 0 Å². The Morgan fingerprint density at radius 3 is 2.62 bits per heavy atom. The molecule has 1 atom stereocenters. The Hall–Kier alpha value is -0.500. The van der Waals surface area contributed by atoms with Crippen molar-refractivity contribution < 1.29 is 4.79 Å². The van der Waals surface area contributed by atoms with E-state index in [4.69, 9.17) is 11.6 Å². The van der Waals surface area contributed by atoms with Crippen LogP contribution in [0.15, 0.2) is 11.2 Å². The van der Waals surface area contributed by atoms with Crippen molar-refractivity contribution in [1.29, 1.82) is 0 Å². The molecule has 0 aromatic rings. The van der Waals surface area contributed by atoms with E-state index in [1.807, 2.05) is 0 Å². The molecule has 44 valence electrons. The van der Waals surface area contributed by atoms with E-state index in [0.717, 1.165) is 0 Å². The molecule has 1 aliphatic rings. The number of nitrogens with one attached hydrogen (secondary N) is 1. The van der Waals surface area contributed by atoms with Gasteiger partial charge in [-0.1, -0.05) is 11.6 Å². The topological polar surface area (TPSA) is 29.1 Å². The van der Waals surface area contributed by atoms with E-state index in [1.165, 1.54) is 6.20 Å². The molecule has 0 spiro atoms. The van der Waals surface area contributed by atoms with Crippen LogP contribution >= 0.6 is 11.6 Å². The minimum atomic E-state index is -0.123. The normalized spacial score (nSPS) is 27.5. The summed E-state index contributed by atoms with van der Waals surface area (Å²) >= 11 is 5.41. The lowest BCUT2D eigenvalue weighted by Gasteiger charge is -1.96. The third kappa shape index (κ3) is 0.713. The molecule has 0 amide bonds. The second-order valence-corrected chi connectivity index (χ2v) is 2.15. The Kier molecular flexibility index (Phi) is 1.26. The van der Waals surface area contributed by atoms with Gasteiger partial charge >= 0.3 is 0 Å². The molecule has 0 saturated carbocycles. The van der Waals surface area contributed by atoms with Crippen LogP contribution in [0.2, 0.25) is 0 Å². The molecular weight excluding hydrogens is 126 g/mol. The number of ketones is 1.